The number of aliphatic hydroxyl groups excluding tert-OH is 1. The highest BCUT2D eigenvalue weighted by atomic mass is 127. The molecule has 2 rings (SSSR count). The largest absolute Gasteiger partial charge is 0.393 e. The van der Waals surface area contributed by atoms with Gasteiger partial charge in [-0.1, -0.05) is 11.6 Å². The number of carbonyl (C=O) groups excluding carboxylic acids is 1. The molecule has 92 valence electrons. The smallest absolute Gasteiger partial charge is 0.251 e. The molecule has 0 unspecified atom stereocenters. The molecule has 0 heterocycles. The van der Waals surface area contributed by atoms with Gasteiger partial charge < -0.3 is 10.4 Å². The number of carbonyl (C=O) groups is 1. The van der Waals surface area contributed by atoms with E-state index in [1.54, 1.807) is 12.1 Å². The van der Waals surface area contributed by atoms with Crippen LogP contribution < -0.4 is 5.32 Å². The van der Waals surface area contributed by atoms with Crippen LogP contribution in [-0.4, -0.2) is 23.7 Å². The van der Waals surface area contributed by atoms with Gasteiger partial charge in [-0.25, -0.2) is 0 Å². The summed E-state index contributed by atoms with van der Waals surface area (Å²) in [4.78, 5) is 11.8. The molecular weight excluding hydrogens is 352 g/mol. The van der Waals surface area contributed by atoms with E-state index >= 15 is 0 Å². The molecule has 0 spiro atoms. The minimum Gasteiger partial charge on any atom is -0.393 e. The van der Waals surface area contributed by atoms with E-state index in [1.807, 2.05) is 6.07 Å². The van der Waals surface area contributed by atoms with Crippen LogP contribution in [0.3, 0.4) is 0 Å². The van der Waals surface area contributed by atoms with Crippen molar-refractivity contribution >= 4 is 40.1 Å². The molecule has 5 heteroatoms. The van der Waals surface area contributed by atoms with E-state index < -0.39 is 0 Å². The zero-order chi connectivity index (χ0) is 12.4. The summed E-state index contributed by atoms with van der Waals surface area (Å²) in [5.41, 5.74) is 0.579. The van der Waals surface area contributed by atoms with E-state index in [-0.39, 0.29) is 12.0 Å². The first kappa shape index (κ1) is 13.1. The number of nitrogens with one attached hydrogen (secondary N) is 1. The minimum atomic E-state index is -0.176. The maximum absolute atomic E-state index is 11.8. The molecule has 1 aromatic carbocycles. The van der Waals surface area contributed by atoms with Crippen molar-refractivity contribution in [2.75, 3.05) is 6.54 Å². The molecule has 2 N–H and O–H groups in total. The summed E-state index contributed by atoms with van der Waals surface area (Å²) in [6.07, 6.45) is 1.39. The Morgan fingerprint density at radius 1 is 1.53 bits per heavy atom. The van der Waals surface area contributed by atoms with Crippen molar-refractivity contribution in [2.24, 2.45) is 5.92 Å². The summed E-state index contributed by atoms with van der Waals surface area (Å²) >= 11 is 8.08. The molecule has 0 aliphatic heterocycles. The average molecular weight is 366 g/mol. The molecule has 1 aromatic rings. The summed E-state index contributed by atoms with van der Waals surface area (Å²) in [5.74, 6) is 0.304. The Labute approximate surface area is 119 Å². The van der Waals surface area contributed by atoms with E-state index in [2.05, 4.69) is 27.9 Å². The number of halogens is 2. The molecule has 3 nitrogen and oxygen atoms in total. The number of benzene rings is 1. The standard InChI is InChI=1S/C12H13ClINO2/c13-10-5-8(1-2-11(10)14)12(17)15-6-7-3-9(16)4-7/h1-2,5,7,9,16H,3-4,6H2,(H,15,17). The van der Waals surface area contributed by atoms with Gasteiger partial charge in [-0.2, -0.15) is 0 Å². The summed E-state index contributed by atoms with van der Waals surface area (Å²) in [6, 6.07) is 5.26. The second-order valence-corrected chi connectivity index (χ2v) is 5.90. The van der Waals surface area contributed by atoms with E-state index in [0.717, 1.165) is 16.4 Å². The first-order valence-electron chi connectivity index (χ1n) is 5.47. The second-order valence-electron chi connectivity index (χ2n) is 4.33. The molecule has 17 heavy (non-hydrogen) atoms. The van der Waals surface area contributed by atoms with Gasteiger partial charge in [0.2, 0.25) is 0 Å². The maximum atomic E-state index is 11.8. The van der Waals surface area contributed by atoms with Crippen LogP contribution in [0.1, 0.15) is 23.2 Å². The number of hydrogen-bond acceptors (Lipinski definition) is 2. The van der Waals surface area contributed by atoms with Crippen LogP contribution in [0.5, 0.6) is 0 Å². The van der Waals surface area contributed by atoms with E-state index in [0.29, 0.717) is 23.0 Å². The molecule has 0 atom stereocenters. The van der Waals surface area contributed by atoms with Crippen molar-refractivity contribution in [1.82, 2.24) is 5.32 Å². The number of aliphatic hydroxyl groups is 1. The molecule has 0 saturated heterocycles. The monoisotopic (exact) mass is 365 g/mol. The highest BCUT2D eigenvalue weighted by Crippen LogP contribution is 2.26. The molecule has 1 amide bonds. The van der Waals surface area contributed by atoms with Gasteiger partial charge in [0.15, 0.2) is 0 Å². The Morgan fingerprint density at radius 3 is 2.82 bits per heavy atom. The Kier molecular flexibility index (Phi) is 4.27. The van der Waals surface area contributed by atoms with Gasteiger partial charge in [0.25, 0.3) is 5.91 Å². The average Bonchev–Trinajstić information content (AvgIpc) is 2.26. The van der Waals surface area contributed by atoms with Crippen molar-refractivity contribution in [1.29, 1.82) is 0 Å². The molecular formula is C12H13ClINO2. The van der Waals surface area contributed by atoms with E-state index in [9.17, 15) is 4.79 Å². The van der Waals surface area contributed by atoms with Crippen LogP contribution in [0.4, 0.5) is 0 Å². The third-order valence-corrected chi connectivity index (χ3v) is 4.52. The fourth-order valence-corrected chi connectivity index (χ4v) is 2.36. The Balaban J connectivity index is 1.88. The van der Waals surface area contributed by atoms with Crippen molar-refractivity contribution in [3.05, 3.63) is 32.4 Å². The van der Waals surface area contributed by atoms with Crippen LogP contribution >= 0.6 is 34.2 Å². The van der Waals surface area contributed by atoms with Crippen molar-refractivity contribution in [3.8, 4) is 0 Å². The normalized spacial score (nSPS) is 23.0. The fraction of sp³-hybridized carbons (Fsp3) is 0.417. The lowest BCUT2D eigenvalue weighted by atomic mass is 9.82. The first-order chi connectivity index (χ1) is 8.06. The molecule has 1 saturated carbocycles. The molecule has 0 radical (unpaired) electrons. The van der Waals surface area contributed by atoms with Gasteiger partial charge in [-0.3, -0.25) is 4.79 Å². The van der Waals surface area contributed by atoms with Crippen LogP contribution in [0.2, 0.25) is 5.02 Å². The Morgan fingerprint density at radius 2 is 2.24 bits per heavy atom. The number of rotatable bonds is 3. The van der Waals surface area contributed by atoms with Gasteiger partial charge in [-0.05, 0) is 59.5 Å². The zero-order valence-electron chi connectivity index (χ0n) is 9.12. The fourth-order valence-electron chi connectivity index (χ4n) is 1.84. The van der Waals surface area contributed by atoms with Gasteiger partial charge >= 0.3 is 0 Å². The highest BCUT2D eigenvalue weighted by Gasteiger charge is 2.27. The van der Waals surface area contributed by atoms with Crippen LogP contribution in [0, 0.1) is 9.49 Å². The lowest BCUT2D eigenvalue weighted by Crippen LogP contribution is -2.38. The van der Waals surface area contributed by atoms with Gasteiger partial charge in [0.05, 0.1) is 11.1 Å². The van der Waals surface area contributed by atoms with Crippen LogP contribution in [0.25, 0.3) is 0 Å². The van der Waals surface area contributed by atoms with Crippen molar-refractivity contribution < 1.29 is 9.90 Å². The second kappa shape index (κ2) is 5.54. The van der Waals surface area contributed by atoms with Crippen molar-refractivity contribution in [3.63, 3.8) is 0 Å². The van der Waals surface area contributed by atoms with E-state index in [1.165, 1.54) is 0 Å². The molecule has 0 aromatic heterocycles. The maximum Gasteiger partial charge on any atom is 0.251 e. The summed E-state index contributed by atoms with van der Waals surface area (Å²) in [6.45, 7) is 0.625. The number of hydrogen-bond donors (Lipinski definition) is 2. The zero-order valence-corrected chi connectivity index (χ0v) is 12.0. The summed E-state index contributed by atoms with van der Waals surface area (Å²) in [7, 11) is 0. The van der Waals surface area contributed by atoms with Gasteiger partial charge in [-0.15, -0.1) is 0 Å². The molecule has 0 bridgehead atoms. The molecule has 1 aliphatic rings. The summed E-state index contributed by atoms with van der Waals surface area (Å²) in [5, 5.41) is 12.6. The lowest BCUT2D eigenvalue weighted by molar-refractivity contribution is 0.0420. The predicted molar refractivity (Wildman–Crippen MR) is 75.2 cm³/mol. The van der Waals surface area contributed by atoms with Gasteiger partial charge in [0.1, 0.15) is 0 Å². The van der Waals surface area contributed by atoms with Crippen LogP contribution in [-0.2, 0) is 0 Å². The van der Waals surface area contributed by atoms with Gasteiger partial charge in [0, 0.05) is 15.7 Å². The molecule has 1 fully saturated rings. The third-order valence-electron chi connectivity index (χ3n) is 2.94. The Hall–Kier alpha value is -0.330. The Bertz CT molecular complexity index is 433. The minimum absolute atomic E-state index is 0.107. The van der Waals surface area contributed by atoms with E-state index in [4.69, 9.17) is 16.7 Å². The lowest BCUT2D eigenvalue weighted by Gasteiger charge is -2.31. The highest BCUT2D eigenvalue weighted by molar-refractivity contribution is 14.1. The first-order valence-corrected chi connectivity index (χ1v) is 6.93. The number of amides is 1. The predicted octanol–water partition coefficient (Wildman–Crippen LogP) is 2.45. The SMILES string of the molecule is O=C(NCC1CC(O)C1)c1ccc(I)c(Cl)c1. The molecule has 1 aliphatic carbocycles. The summed E-state index contributed by atoms with van der Waals surface area (Å²) < 4.78 is 0.933. The third kappa shape index (κ3) is 3.33. The quantitative estimate of drug-likeness (QED) is 0.809. The van der Waals surface area contributed by atoms with Crippen molar-refractivity contribution in [2.45, 2.75) is 18.9 Å². The van der Waals surface area contributed by atoms with Crippen LogP contribution in [0.15, 0.2) is 18.2 Å². The topological polar surface area (TPSA) is 49.3 Å².